The lowest BCUT2D eigenvalue weighted by Gasteiger charge is -2.22. The van der Waals surface area contributed by atoms with Gasteiger partial charge in [-0.15, -0.1) is 0 Å². The molecule has 0 atom stereocenters. The second-order valence-electron chi connectivity index (χ2n) is 5.75. The van der Waals surface area contributed by atoms with Gasteiger partial charge in [0, 0.05) is 22.5 Å². The first-order valence-corrected chi connectivity index (χ1v) is 7.27. The molecule has 4 heteroatoms. The molecule has 0 unspecified atom stereocenters. The number of isocyanates is 1. The van der Waals surface area contributed by atoms with Gasteiger partial charge >= 0.3 is 0 Å². The standard InChI is InChI=1S/C17H15N3O/c21-11-19-17(6-1-2-7-17)12-3-4-15-14(9-12)13-5-8-18-10-16(13)20-15/h3-5,8-10,20H,1-2,6-7H2. The van der Waals surface area contributed by atoms with Gasteiger partial charge in [0.2, 0.25) is 6.08 Å². The Hall–Kier alpha value is -2.45. The van der Waals surface area contributed by atoms with Crippen LogP contribution in [0.4, 0.5) is 0 Å². The minimum atomic E-state index is -0.368. The summed E-state index contributed by atoms with van der Waals surface area (Å²) >= 11 is 0. The van der Waals surface area contributed by atoms with Gasteiger partial charge in [-0.3, -0.25) is 4.98 Å². The zero-order valence-electron chi connectivity index (χ0n) is 11.6. The predicted octanol–water partition coefficient (Wildman–Crippen LogP) is 3.82. The Morgan fingerprint density at radius 2 is 2.00 bits per heavy atom. The Morgan fingerprint density at radius 3 is 2.81 bits per heavy atom. The Kier molecular flexibility index (Phi) is 2.66. The van der Waals surface area contributed by atoms with Crippen molar-refractivity contribution in [3.8, 4) is 0 Å². The second-order valence-corrected chi connectivity index (χ2v) is 5.75. The zero-order valence-corrected chi connectivity index (χ0v) is 11.6. The molecule has 104 valence electrons. The number of nitrogens with one attached hydrogen (secondary N) is 1. The Morgan fingerprint density at radius 1 is 1.14 bits per heavy atom. The molecular formula is C17H15N3O. The van der Waals surface area contributed by atoms with Gasteiger partial charge in [-0.05, 0) is 36.6 Å². The van der Waals surface area contributed by atoms with Crippen molar-refractivity contribution in [2.45, 2.75) is 31.2 Å². The molecule has 0 bridgehead atoms. The molecule has 0 radical (unpaired) electrons. The van der Waals surface area contributed by atoms with Crippen molar-refractivity contribution >= 4 is 27.9 Å². The molecule has 3 aromatic rings. The number of aromatic nitrogens is 2. The van der Waals surface area contributed by atoms with Crippen molar-refractivity contribution in [1.82, 2.24) is 9.97 Å². The number of nitrogens with zero attached hydrogens (tertiary/aromatic N) is 2. The molecule has 0 amide bonds. The summed E-state index contributed by atoms with van der Waals surface area (Å²) in [5.41, 5.74) is 2.87. The van der Waals surface area contributed by atoms with E-state index in [1.54, 1.807) is 12.3 Å². The second kappa shape index (κ2) is 4.54. The van der Waals surface area contributed by atoms with Crippen molar-refractivity contribution in [3.63, 3.8) is 0 Å². The number of rotatable bonds is 2. The molecule has 1 saturated carbocycles. The quantitative estimate of drug-likeness (QED) is 0.572. The minimum Gasteiger partial charge on any atom is -0.353 e. The maximum absolute atomic E-state index is 10.9. The summed E-state index contributed by atoms with van der Waals surface area (Å²) in [7, 11) is 0. The van der Waals surface area contributed by atoms with E-state index >= 15 is 0 Å². The highest BCUT2D eigenvalue weighted by Crippen LogP contribution is 2.43. The summed E-state index contributed by atoms with van der Waals surface area (Å²) in [5, 5.41) is 2.32. The highest BCUT2D eigenvalue weighted by atomic mass is 16.1. The van der Waals surface area contributed by atoms with Crippen LogP contribution in [0.15, 0.2) is 41.7 Å². The highest BCUT2D eigenvalue weighted by molar-refractivity contribution is 6.07. The van der Waals surface area contributed by atoms with Crippen LogP contribution < -0.4 is 0 Å². The number of fused-ring (bicyclic) bond motifs is 3. The number of hydrogen-bond donors (Lipinski definition) is 1. The molecule has 0 saturated heterocycles. The van der Waals surface area contributed by atoms with E-state index in [1.165, 1.54) is 0 Å². The third-order valence-electron chi connectivity index (χ3n) is 4.63. The van der Waals surface area contributed by atoms with E-state index in [9.17, 15) is 4.79 Å². The summed E-state index contributed by atoms with van der Waals surface area (Å²) < 4.78 is 0. The molecule has 2 aromatic heterocycles. The first kappa shape index (κ1) is 12.3. The first-order valence-electron chi connectivity index (χ1n) is 7.27. The van der Waals surface area contributed by atoms with Crippen LogP contribution in [0.1, 0.15) is 31.2 Å². The fraction of sp³-hybridized carbons (Fsp3) is 0.294. The van der Waals surface area contributed by atoms with Gasteiger partial charge in [-0.25, -0.2) is 4.79 Å². The molecule has 1 fully saturated rings. The van der Waals surface area contributed by atoms with Crippen molar-refractivity contribution in [1.29, 1.82) is 0 Å². The van der Waals surface area contributed by atoms with E-state index in [1.807, 2.05) is 12.3 Å². The number of carbonyl (C=O) groups excluding carboxylic acids is 1. The summed E-state index contributed by atoms with van der Waals surface area (Å²) in [6, 6.07) is 8.34. The van der Waals surface area contributed by atoms with E-state index in [4.69, 9.17) is 0 Å². The van der Waals surface area contributed by atoms with Gasteiger partial charge < -0.3 is 4.98 Å². The van der Waals surface area contributed by atoms with E-state index < -0.39 is 0 Å². The number of hydrogen-bond acceptors (Lipinski definition) is 3. The molecule has 1 aliphatic carbocycles. The number of H-pyrrole nitrogens is 1. The van der Waals surface area contributed by atoms with Crippen LogP contribution in [0, 0.1) is 0 Å². The van der Waals surface area contributed by atoms with Crippen LogP contribution in [-0.2, 0) is 10.3 Å². The monoisotopic (exact) mass is 277 g/mol. The van der Waals surface area contributed by atoms with Crippen LogP contribution in [-0.4, -0.2) is 16.0 Å². The third kappa shape index (κ3) is 1.80. The number of pyridine rings is 1. The molecule has 2 heterocycles. The largest absolute Gasteiger partial charge is 0.353 e. The van der Waals surface area contributed by atoms with Gasteiger partial charge in [0.25, 0.3) is 0 Å². The fourth-order valence-electron chi connectivity index (χ4n) is 3.55. The van der Waals surface area contributed by atoms with Gasteiger partial charge in [0.1, 0.15) is 0 Å². The fourth-order valence-corrected chi connectivity index (χ4v) is 3.55. The lowest BCUT2D eigenvalue weighted by atomic mass is 9.88. The Labute approximate surface area is 121 Å². The average Bonchev–Trinajstić information content (AvgIpc) is 3.12. The smallest absolute Gasteiger partial charge is 0.235 e. The summed E-state index contributed by atoms with van der Waals surface area (Å²) in [4.78, 5) is 22.5. The van der Waals surface area contributed by atoms with E-state index in [-0.39, 0.29) is 5.54 Å². The Bertz CT molecular complexity index is 868. The van der Waals surface area contributed by atoms with Crippen LogP contribution in [0.2, 0.25) is 0 Å². The minimum absolute atomic E-state index is 0.368. The number of benzene rings is 1. The predicted molar refractivity (Wildman–Crippen MR) is 81.9 cm³/mol. The lowest BCUT2D eigenvalue weighted by molar-refractivity contribution is 0.456. The molecule has 1 N–H and O–H groups in total. The molecule has 1 aromatic carbocycles. The molecule has 0 spiro atoms. The van der Waals surface area contributed by atoms with Gasteiger partial charge in [-0.1, -0.05) is 18.9 Å². The van der Waals surface area contributed by atoms with E-state index in [0.29, 0.717) is 0 Å². The summed E-state index contributed by atoms with van der Waals surface area (Å²) in [6.45, 7) is 0. The Balaban J connectivity index is 1.97. The first-order chi connectivity index (χ1) is 10.3. The van der Waals surface area contributed by atoms with Gasteiger partial charge in [0.05, 0.1) is 17.3 Å². The third-order valence-corrected chi connectivity index (χ3v) is 4.63. The van der Waals surface area contributed by atoms with E-state index in [2.05, 4.69) is 33.2 Å². The molecule has 1 aliphatic rings. The summed E-state index contributed by atoms with van der Waals surface area (Å²) in [5.74, 6) is 0. The van der Waals surface area contributed by atoms with Crippen molar-refractivity contribution in [2.24, 2.45) is 4.99 Å². The molecular weight excluding hydrogens is 262 g/mol. The van der Waals surface area contributed by atoms with Crippen LogP contribution >= 0.6 is 0 Å². The maximum atomic E-state index is 10.9. The lowest BCUT2D eigenvalue weighted by Crippen LogP contribution is -2.18. The van der Waals surface area contributed by atoms with Gasteiger partial charge in [0.15, 0.2) is 0 Å². The highest BCUT2D eigenvalue weighted by Gasteiger charge is 2.35. The van der Waals surface area contributed by atoms with Gasteiger partial charge in [-0.2, -0.15) is 4.99 Å². The van der Waals surface area contributed by atoms with Crippen LogP contribution in [0.3, 0.4) is 0 Å². The zero-order chi connectivity index (χ0) is 14.3. The molecule has 4 nitrogen and oxygen atoms in total. The average molecular weight is 277 g/mol. The molecule has 4 rings (SSSR count). The maximum Gasteiger partial charge on any atom is 0.235 e. The summed E-state index contributed by atoms with van der Waals surface area (Å²) in [6.07, 6.45) is 9.51. The molecule has 0 aliphatic heterocycles. The van der Waals surface area contributed by atoms with Crippen molar-refractivity contribution in [2.75, 3.05) is 0 Å². The normalized spacial score (nSPS) is 17.1. The number of aliphatic imine (C=N–C) groups is 1. The van der Waals surface area contributed by atoms with Crippen LogP contribution in [0.25, 0.3) is 21.8 Å². The van der Waals surface area contributed by atoms with Crippen LogP contribution in [0.5, 0.6) is 0 Å². The molecule has 21 heavy (non-hydrogen) atoms. The van der Waals surface area contributed by atoms with E-state index in [0.717, 1.165) is 53.1 Å². The topological polar surface area (TPSA) is 58.1 Å². The number of aromatic amines is 1. The van der Waals surface area contributed by atoms with Crippen molar-refractivity contribution in [3.05, 3.63) is 42.2 Å². The SMILES string of the molecule is O=C=NC1(c2ccc3[nH]c4cnccc4c3c2)CCCC1. The van der Waals surface area contributed by atoms with Crippen molar-refractivity contribution < 1.29 is 4.79 Å².